The van der Waals surface area contributed by atoms with Crippen LogP contribution >= 0.6 is 0 Å². The van der Waals surface area contributed by atoms with Gasteiger partial charge in [0.15, 0.2) is 0 Å². The Morgan fingerprint density at radius 3 is 3.21 bits per heavy atom. The van der Waals surface area contributed by atoms with E-state index in [1.165, 1.54) is 6.07 Å². The maximum Gasteiger partial charge on any atom is 0.311 e. The number of hydrogen-bond donors (Lipinski definition) is 1. The molecule has 1 aliphatic heterocycles. The summed E-state index contributed by atoms with van der Waals surface area (Å²) in [6.45, 7) is 3.61. The van der Waals surface area contributed by atoms with Gasteiger partial charge in [-0.15, -0.1) is 0 Å². The van der Waals surface area contributed by atoms with E-state index in [0.717, 1.165) is 25.9 Å². The van der Waals surface area contributed by atoms with Gasteiger partial charge in [-0.25, -0.2) is 4.98 Å². The van der Waals surface area contributed by atoms with E-state index in [2.05, 4.69) is 17.2 Å². The van der Waals surface area contributed by atoms with Gasteiger partial charge in [0, 0.05) is 25.4 Å². The van der Waals surface area contributed by atoms with Crippen molar-refractivity contribution in [1.29, 1.82) is 0 Å². The number of ether oxygens (including phenoxy) is 1. The topological polar surface area (TPSA) is 77.3 Å². The van der Waals surface area contributed by atoms with Crippen molar-refractivity contribution in [3.05, 3.63) is 28.4 Å². The first-order valence-electron chi connectivity index (χ1n) is 6.61. The average molecular weight is 265 g/mol. The molecule has 6 nitrogen and oxygen atoms in total. The van der Waals surface area contributed by atoms with Gasteiger partial charge in [-0.1, -0.05) is 0 Å². The third kappa shape index (κ3) is 3.89. The van der Waals surface area contributed by atoms with E-state index < -0.39 is 4.92 Å². The Balaban J connectivity index is 1.84. The molecule has 0 aliphatic carbocycles. The zero-order valence-corrected chi connectivity index (χ0v) is 11.0. The number of hydrogen-bond acceptors (Lipinski definition) is 5. The van der Waals surface area contributed by atoms with E-state index in [-0.39, 0.29) is 5.69 Å². The fourth-order valence-corrected chi connectivity index (χ4v) is 2.43. The fraction of sp³-hybridized carbons (Fsp3) is 0.615. The van der Waals surface area contributed by atoms with Crippen LogP contribution in [-0.2, 0) is 4.74 Å². The van der Waals surface area contributed by atoms with Crippen LogP contribution in [0.5, 0.6) is 0 Å². The summed E-state index contributed by atoms with van der Waals surface area (Å²) in [5.74, 6) is 0.978. The molecule has 2 rings (SSSR count). The van der Waals surface area contributed by atoms with Crippen LogP contribution in [0.1, 0.15) is 26.2 Å². The van der Waals surface area contributed by atoms with Gasteiger partial charge in [0.1, 0.15) is 0 Å². The van der Waals surface area contributed by atoms with Gasteiger partial charge in [-0.3, -0.25) is 10.1 Å². The molecule has 0 bridgehead atoms. The first kappa shape index (κ1) is 13.7. The minimum atomic E-state index is -0.411. The van der Waals surface area contributed by atoms with Crippen molar-refractivity contribution in [2.75, 3.05) is 18.5 Å². The molecule has 104 valence electrons. The van der Waals surface area contributed by atoms with Crippen LogP contribution in [0.15, 0.2) is 18.3 Å². The minimum absolute atomic E-state index is 0.0304. The third-order valence-electron chi connectivity index (χ3n) is 3.42. The Morgan fingerprint density at radius 1 is 1.63 bits per heavy atom. The van der Waals surface area contributed by atoms with Crippen molar-refractivity contribution in [2.24, 2.45) is 5.92 Å². The second-order valence-electron chi connectivity index (χ2n) is 4.92. The quantitative estimate of drug-likeness (QED) is 0.654. The Labute approximate surface area is 112 Å². The van der Waals surface area contributed by atoms with E-state index in [4.69, 9.17) is 4.74 Å². The number of nitrogens with zero attached hydrogens (tertiary/aromatic N) is 2. The monoisotopic (exact) mass is 265 g/mol. The Kier molecular flexibility index (Phi) is 4.68. The highest BCUT2D eigenvalue weighted by Gasteiger charge is 2.19. The largest absolute Gasteiger partial charge is 0.378 e. The predicted octanol–water partition coefficient (Wildman–Crippen LogP) is 2.61. The molecule has 2 atom stereocenters. The van der Waals surface area contributed by atoms with Crippen molar-refractivity contribution in [1.82, 2.24) is 4.98 Å². The molecule has 6 heteroatoms. The van der Waals surface area contributed by atoms with Crippen molar-refractivity contribution in [2.45, 2.75) is 32.3 Å². The van der Waals surface area contributed by atoms with Crippen molar-refractivity contribution in [3.63, 3.8) is 0 Å². The summed E-state index contributed by atoms with van der Waals surface area (Å²) in [5.41, 5.74) is 0.0304. The van der Waals surface area contributed by atoms with Crippen molar-refractivity contribution in [3.8, 4) is 0 Å². The zero-order chi connectivity index (χ0) is 13.7. The molecule has 0 spiro atoms. The molecule has 1 aromatic rings. The van der Waals surface area contributed by atoms with Gasteiger partial charge >= 0.3 is 5.69 Å². The van der Waals surface area contributed by atoms with E-state index in [1.54, 1.807) is 12.3 Å². The number of aromatic nitrogens is 1. The summed E-state index contributed by atoms with van der Waals surface area (Å²) in [6, 6.07) is 3.04. The molecule has 1 saturated heterocycles. The number of rotatable bonds is 5. The summed E-state index contributed by atoms with van der Waals surface area (Å²) in [5, 5.41) is 13.9. The normalized spacial score (nSPS) is 23.0. The lowest BCUT2D eigenvalue weighted by molar-refractivity contribution is -0.384. The third-order valence-corrected chi connectivity index (χ3v) is 3.42. The number of pyridine rings is 1. The van der Waals surface area contributed by atoms with Gasteiger partial charge in [0.25, 0.3) is 0 Å². The summed E-state index contributed by atoms with van der Waals surface area (Å²) >= 11 is 0. The number of nitro groups is 1. The minimum Gasteiger partial charge on any atom is -0.378 e. The molecule has 0 saturated carbocycles. The molecule has 2 heterocycles. The van der Waals surface area contributed by atoms with Crippen LogP contribution in [0.3, 0.4) is 0 Å². The molecule has 0 unspecified atom stereocenters. The molecule has 1 aliphatic rings. The molecular formula is C13H19N3O3. The van der Waals surface area contributed by atoms with E-state index in [0.29, 0.717) is 24.4 Å². The summed E-state index contributed by atoms with van der Waals surface area (Å²) in [6.07, 6.45) is 5.00. The summed E-state index contributed by atoms with van der Waals surface area (Å²) in [4.78, 5) is 14.4. The molecule has 1 N–H and O–H groups in total. The van der Waals surface area contributed by atoms with Gasteiger partial charge < -0.3 is 10.1 Å². The smallest absolute Gasteiger partial charge is 0.311 e. The van der Waals surface area contributed by atoms with Crippen molar-refractivity contribution >= 4 is 11.5 Å². The average Bonchev–Trinajstić information content (AvgIpc) is 2.39. The van der Waals surface area contributed by atoms with Crippen LogP contribution in [0.4, 0.5) is 11.5 Å². The number of nitrogens with one attached hydrogen (secondary N) is 1. The Hall–Kier alpha value is -1.69. The van der Waals surface area contributed by atoms with E-state index in [1.807, 2.05) is 0 Å². The molecular weight excluding hydrogens is 246 g/mol. The highest BCUT2D eigenvalue weighted by atomic mass is 16.6. The van der Waals surface area contributed by atoms with Crippen LogP contribution in [0, 0.1) is 16.0 Å². The van der Waals surface area contributed by atoms with Crippen LogP contribution in [0.2, 0.25) is 0 Å². The van der Waals surface area contributed by atoms with E-state index in [9.17, 15) is 10.1 Å². The SMILES string of the molecule is C[C@H]1C[C@@H](CCNc2ncccc2[N+](=O)[O-])CCO1. The first-order valence-corrected chi connectivity index (χ1v) is 6.61. The summed E-state index contributed by atoms with van der Waals surface area (Å²) < 4.78 is 5.50. The number of anilines is 1. The van der Waals surface area contributed by atoms with Crippen molar-refractivity contribution < 1.29 is 9.66 Å². The fourth-order valence-electron chi connectivity index (χ4n) is 2.43. The molecule has 0 aromatic carbocycles. The second kappa shape index (κ2) is 6.47. The maximum atomic E-state index is 10.8. The highest BCUT2D eigenvalue weighted by molar-refractivity contribution is 5.54. The van der Waals surface area contributed by atoms with Gasteiger partial charge in [0.05, 0.1) is 11.0 Å². The molecule has 0 radical (unpaired) electrons. The van der Waals surface area contributed by atoms with E-state index >= 15 is 0 Å². The Morgan fingerprint density at radius 2 is 2.47 bits per heavy atom. The van der Waals surface area contributed by atoms with Gasteiger partial charge in [0.2, 0.25) is 5.82 Å². The zero-order valence-electron chi connectivity index (χ0n) is 11.0. The first-order chi connectivity index (χ1) is 9.16. The lowest BCUT2D eigenvalue weighted by atomic mass is 9.93. The lowest BCUT2D eigenvalue weighted by Gasteiger charge is -2.27. The molecule has 19 heavy (non-hydrogen) atoms. The van der Waals surface area contributed by atoms with Crippen LogP contribution < -0.4 is 5.32 Å². The summed E-state index contributed by atoms with van der Waals surface area (Å²) in [7, 11) is 0. The standard InChI is InChI=1S/C13H19N3O3/c1-10-9-11(5-8-19-10)4-7-15-13-12(16(17)18)3-2-6-14-13/h2-3,6,10-11H,4-5,7-9H2,1H3,(H,14,15)/t10-,11-/m0/s1. The van der Waals surface area contributed by atoms with Crippen LogP contribution in [0.25, 0.3) is 0 Å². The molecule has 0 amide bonds. The molecule has 1 fully saturated rings. The predicted molar refractivity (Wildman–Crippen MR) is 72.1 cm³/mol. The van der Waals surface area contributed by atoms with Gasteiger partial charge in [-0.05, 0) is 38.2 Å². The highest BCUT2D eigenvalue weighted by Crippen LogP contribution is 2.24. The maximum absolute atomic E-state index is 10.8. The molecule has 1 aromatic heterocycles. The van der Waals surface area contributed by atoms with Crippen LogP contribution in [-0.4, -0.2) is 29.2 Å². The lowest BCUT2D eigenvalue weighted by Crippen LogP contribution is -2.24. The second-order valence-corrected chi connectivity index (χ2v) is 4.92. The Bertz CT molecular complexity index is 439. The van der Waals surface area contributed by atoms with Gasteiger partial charge in [-0.2, -0.15) is 0 Å².